The van der Waals surface area contributed by atoms with E-state index in [1.165, 1.54) is 0 Å². The molecule has 0 radical (unpaired) electrons. The van der Waals surface area contributed by atoms with Crippen LogP contribution in [0.3, 0.4) is 0 Å². The molecule has 0 bridgehead atoms. The molecule has 3 nitrogen and oxygen atoms in total. The quantitative estimate of drug-likeness (QED) is 0.659. The highest BCUT2D eigenvalue weighted by Crippen LogP contribution is 2.15. The highest BCUT2D eigenvalue weighted by Gasteiger charge is 2.16. The molecule has 0 aromatic carbocycles. The molecule has 0 aliphatic heterocycles. The summed E-state index contributed by atoms with van der Waals surface area (Å²) in [5, 5.41) is 2.80. The van der Waals surface area contributed by atoms with E-state index < -0.39 is 0 Å². The molecule has 1 unspecified atom stereocenters. The number of amides is 1. The van der Waals surface area contributed by atoms with Crippen molar-refractivity contribution in [1.29, 1.82) is 0 Å². The van der Waals surface area contributed by atoms with Crippen LogP contribution in [0.2, 0.25) is 0 Å². The molecule has 0 aliphatic rings. The van der Waals surface area contributed by atoms with E-state index in [0.29, 0.717) is 6.54 Å². The van der Waals surface area contributed by atoms with Crippen molar-refractivity contribution >= 4 is 5.91 Å². The second-order valence-corrected chi connectivity index (χ2v) is 3.37. The van der Waals surface area contributed by atoms with Crippen LogP contribution in [0.25, 0.3) is 0 Å². The molecule has 0 saturated heterocycles. The number of carbonyl (C=O) groups excluding carboxylic acids is 1. The van der Waals surface area contributed by atoms with E-state index in [2.05, 4.69) is 19.2 Å². The number of likely N-dealkylation sites (N-methyl/N-ethyl adjacent to an activating group) is 1. The van der Waals surface area contributed by atoms with Gasteiger partial charge in [-0.05, 0) is 26.7 Å². The first kappa shape index (κ1) is 13.2. The van der Waals surface area contributed by atoms with E-state index in [0.717, 1.165) is 24.0 Å². The summed E-state index contributed by atoms with van der Waals surface area (Å²) in [6.45, 7) is 8.53. The van der Waals surface area contributed by atoms with Gasteiger partial charge in [-0.25, -0.2) is 0 Å². The average molecular weight is 198 g/mol. The topological polar surface area (TPSA) is 55.1 Å². The van der Waals surface area contributed by atoms with Crippen LogP contribution in [0, 0.1) is 0 Å². The molecule has 0 spiro atoms. The first-order valence-corrected chi connectivity index (χ1v) is 5.34. The molecule has 0 fully saturated rings. The van der Waals surface area contributed by atoms with Crippen LogP contribution in [0.5, 0.6) is 0 Å². The van der Waals surface area contributed by atoms with Gasteiger partial charge in [0.15, 0.2) is 0 Å². The minimum atomic E-state index is -0.184. The monoisotopic (exact) mass is 198 g/mol. The fourth-order valence-corrected chi connectivity index (χ4v) is 1.58. The lowest BCUT2D eigenvalue weighted by atomic mass is 9.97. The van der Waals surface area contributed by atoms with Crippen molar-refractivity contribution in [3.63, 3.8) is 0 Å². The van der Waals surface area contributed by atoms with Crippen molar-refractivity contribution in [3.05, 3.63) is 11.1 Å². The Labute approximate surface area is 86.8 Å². The van der Waals surface area contributed by atoms with Gasteiger partial charge in [0.2, 0.25) is 5.91 Å². The molecule has 3 heteroatoms. The molecule has 14 heavy (non-hydrogen) atoms. The standard InChI is InChI=1S/C11H22N2O/c1-5-9(6-2)10(8(4)12)11(14)13-7-3/h8H,5-7,12H2,1-4H3,(H,13,14). The van der Waals surface area contributed by atoms with Crippen molar-refractivity contribution in [2.75, 3.05) is 6.54 Å². The Bertz CT molecular complexity index is 213. The van der Waals surface area contributed by atoms with Crippen LogP contribution in [0.1, 0.15) is 40.5 Å². The Morgan fingerprint density at radius 3 is 2.07 bits per heavy atom. The lowest BCUT2D eigenvalue weighted by Gasteiger charge is -2.15. The van der Waals surface area contributed by atoms with Crippen LogP contribution in [-0.2, 0) is 4.79 Å². The van der Waals surface area contributed by atoms with Gasteiger partial charge in [0.05, 0.1) is 0 Å². The maximum atomic E-state index is 11.7. The van der Waals surface area contributed by atoms with Crippen LogP contribution < -0.4 is 11.1 Å². The Kier molecular flexibility index (Phi) is 6.21. The van der Waals surface area contributed by atoms with E-state index in [9.17, 15) is 4.79 Å². The normalized spacial score (nSPS) is 12.1. The summed E-state index contributed by atoms with van der Waals surface area (Å²) >= 11 is 0. The summed E-state index contributed by atoms with van der Waals surface area (Å²) in [7, 11) is 0. The average Bonchev–Trinajstić information content (AvgIpc) is 2.13. The number of hydrogen-bond donors (Lipinski definition) is 2. The summed E-state index contributed by atoms with van der Waals surface area (Å²) in [5.41, 5.74) is 7.72. The number of carbonyl (C=O) groups is 1. The van der Waals surface area contributed by atoms with E-state index >= 15 is 0 Å². The Balaban J connectivity index is 4.91. The Morgan fingerprint density at radius 1 is 1.29 bits per heavy atom. The summed E-state index contributed by atoms with van der Waals surface area (Å²) in [5.74, 6) is -0.0128. The highest BCUT2D eigenvalue weighted by molar-refractivity contribution is 5.95. The van der Waals surface area contributed by atoms with Gasteiger partial charge in [0.25, 0.3) is 0 Å². The molecular weight excluding hydrogens is 176 g/mol. The molecule has 0 rings (SSSR count). The van der Waals surface area contributed by atoms with Gasteiger partial charge in [0, 0.05) is 18.2 Å². The molecule has 3 N–H and O–H groups in total. The van der Waals surface area contributed by atoms with E-state index in [-0.39, 0.29) is 11.9 Å². The van der Waals surface area contributed by atoms with Crippen LogP contribution in [0.4, 0.5) is 0 Å². The first-order valence-electron chi connectivity index (χ1n) is 5.34. The van der Waals surface area contributed by atoms with Gasteiger partial charge in [-0.1, -0.05) is 19.4 Å². The molecule has 0 aliphatic carbocycles. The minimum Gasteiger partial charge on any atom is -0.353 e. The highest BCUT2D eigenvalue weighted by atomic mass is 16.1. The molecule has 1 atom stereocenters. The second kappa shape index (κ2) is 6.60. The van der Waals surface area contributed by atoms with Crippen molar-refractivity contribution in [2.45, 2.75) is 46.6 Å². The van der Waals surface area contributed by atoms with Gasteiger partial charge in [-0.2, -0.15) is 0 Å². The van der Waals surface area contributed by atoms with Gasteiger partial charge in [0.1, 0.15) is 0 Å². The number of nitrogens with two attached hydrogens (primary N) is 1. The number of nitrogens with one attached hydrogen (secondary N) is 1. The first-order chi connectivity index (χ1) is 6.58. The largest absolute Gasteiger partial charge is 0.353 e. The SMILES string of the molecule is CCNC(=O)C(=C(CC)CC)C(C)N. The van der Waals surface area contributed by atoms with Gasteiger partial charge in [-0.3, -0.25) is 4.79 Å². The van der Waals surface area contributed by atoms with Gasteiger partial charge in [-0.15, -0.1) is 0 Å². The molecule has 0 aromatic rings. The summed E-state index contributed by atoms with van der Waals surface area (Å²) in [6, 6.07) is -0.184. The Hall–Kier alpha value is -0.830. The summed E-state index contributed by atoms with van der Waals surface area (Å²) in [4.78, 5) is 11.7. The maximum absolute atomic E-state index is 11.7. The smallest absolute Gasteiger partial charge is 0.248 e. The fourth-order valence-electron chi connectivity index (χ4n) is 1.58. The molecule has 0 saturated carbocycles. The van der Waals surface area contributed by atoms with Crippen molar-refractivity contribution in [2.24, 2.45) is 5.73 Å². The predicted molar refractivity (Wildman–Crippen MR) is 59.9 cm³/mol. The lowest BCUT2D eigenvalue weighted by Crippen LogP contribution is -2.34. The summed E-state index contributed by atoms with van der Waals surface area (Å²) in [6.07, 6.45) is 1.79. The van der Waals surface area contributed by atoms with E-state index in [1.807, 2.05) is 13.8 Å². The van der Waals surface area contributed by atoms with Gasteiger partial charge < -0.3 is 11.1 Å². The number of rotatable bonds is 5. The fraction of sp³-hybridized carbons (Fsp3) is 0.727. The number of allylic oxidation sites excluding steroid dienone is 1. The third-order valence-corrected chi connectivity index (χ3v) is 2.27. The zero-order valence-electron chi connectivity index (χ0n) is 9.68. The minimum absolute atomic E-state index is 0.0128. The van der Waals surface area contributed by atoms with Crippen LogP contribution >= 0.6 is 0 Å². The van der Waals surface area contributed by atoms with Crippen molar-refractivity contribution in [3.8, 4) is 0 Å². The van der Waals surface area contributed by atoms with Crippen molar-refractivity contribution < 1.29 is 4.79 Å². The van der Waals surface area contributed by atoms with Crippen molar-refractivity contribution in [1.82, 2.24) is 5.32 Å². The molecule has 1 amide bonds. The molecular formula is C11H22N2O. The number of hydrogen-bond acceptors (Lipinski definition) is 2. The Morgan fingerprint density at radius 2 is 1.79 bits per heavy atom. The summed E-state index contributed by atoms with van der Waals surface area (Å²) < 4.78 is 0. The third kappa shape index (κ3) is 3.50. The zero-order chi connectivity index (χ0) is 11.1. The maximum Gasteiger partial charge on any atom is 0.248 e. The molecule has 82 valence electrons. The van der Waals surface area contributed by atoms with Crippen LogP contribution in [0.15, 0.2) is 11.1 Å². The van der Waals surface area contributed by atoms with E-state index in [1.54, 1.807) is 0 Å². The zero-order valence-corrected chi connectivity index (χ0v) is 9.68. The second-order valence-electron chi connectivity index (χ2n) is 3.37. The third-order valence-electron chi connectivity index (χ3n) is 2.27. The van der Waals surface area contributed by atoms with Gasteiger partial charge >= 0.3 is 0 Å². The molecule has 0 aromatic heterocycles. The lowest BCUT2D eigenvalue weighted by molar-refractivity contribution is -0.117. The molecule has 0 heterocycles. The van der Waals surface area contributed by atoms with Crippen LogP contribution in [-0.4, -0.2) is 18.5 Å². The van der Waals surface area contributed by atoms with E-state index in [4.69, 9.17) is 5.73 Å². The predicted octanol–water partition coefficient (Wildman–Crippen LogP) is 1.59.